The van der Waals surface area contributed by atoms with E-state index in [0.29, 0.717) is 18.4 Å². The van der Waals surface area contributed by atoms with E-state index >= 15 is 0 Å². The Balaban J connectivity index is 2.42. The highest BCUT2D eigenvalue weighted by atomic mass is 16.5. The van der Waals surface area contributed by atoms with E-state index in [-0.39, 0.29) is 30.5 Å². The summed E-state index contributed by atoms with van der Waals surface area (Å²) < 4.78 is 10.00. The Morgan fingerprint density at radius 1 is 1.05 bits per heavy atom. The minimum atomic E-state index is -0.548. The van der Waals surface area contributed by atoms with Crippen LogP contribution in [0.5, 0.6) is 0 Å². The summed E-state index contributed by atoms with van der Waals surface area (Å²) in [4.78, 5) is 35.9. The molecule has 0 radical (unpaired) electrons. The van der Waals surface area contributed by atoms with Gasteiger partial charge in [-0.2, -0.15) is 0 Å². The van der Waals surface area contributed by atoms with Crippen LogP contribution in [0, 0.1) is 11.8 Å². The Bertz CT molecular complexity index is 449. The van der Waals surface area contributed by atoms with E-state index in [1.807, 2.05) is 0 Å². The van der Waals surface area contributed by atoms with Gasteiger partial charge in [0.15, 0.2) is 0 Å². The number of fused-ring (bicyclic) bond motifs is 2. The zero-order valence-corrected chi connectivity index (χ0v) is 11.2. The normalized spacial score (nSPS) is 25.5. The summed E-state index contributed by atoms with van der Waals surface area (Å²) in [6.07, 6.45) is 1.72. The fraction of sp³-hybridized carbons (Fsp3) is 0.643. The second-order valence-corrected chi connectivity index (χ2v) is 4.77. The molecule has 0 N–H and O–H groups in total. The molecule has 0 saturated heterocycles. The molecule has 3 aliphatic carbocycles. The predicted molar refractivity (Wildman–Crippen MR) is 66.1 cm³/mol. The topological polar surface area (TPSA) is 69.7 Å². The third-order valence-electron chi connectivity index (χ3n) is 3.68. The van der Waals surface area contributed by atoms with E-state index in [0.717, 1.165) is 6.42 Å². The summed E-state index contributed by atoms with van der Waals surface area (Å²) in [5.41, 5.74) is 0.615. The van der Waals surface area contributed by atoms with Gasteiger partial charge in [-0.05, 0) is 32.6 Å². The molecule has 5 nitrogen and oxygen atoms in total. The SMILES string of the molecule is CCOC(=O)C1=C(C(=O)OCC)C2CCC1CC2=O. The van der Waals surface area contributed by atoms with Crippen molar-refractivity contribution in [3.8, 4) is 0 Å². The summed E-state index contributed by atoms with van der Waals surface area (Å²) in [7, 11) is 0. The van der Waals surface area contributed by atoms with Gasteiger partial charge in [0.25, 0.3) is 0 Å². The van der Waals surface area contributed by atoms with Crippen molar-refractivity contribution >= 4 is 17.7 Å². The molecule has 2 atom stereocenters. The van der Waals surface area contributed by atoms with E-state index < -0.39 is 17.9 Å². The number of carbonyl (C=O) groups excluding carboxylic acids is 3. The molecule has 0 heterocycles. The lowest BCUT2D eigenvalue weighted by atomic mass is 9.66. The molecule has 3 aliphatic rings. The van der Waals surface area contributed by atoms with Crippen molar-refractivity contribution in [2.45, 2.75) is 33.1 Å². The minimum Gasteiger partial charge on any atom is -0.463 e. The number of hydrogen-bond acceptors (Lipinski definition) is 5. The van der Waals surface area contributed by atoms with Crippen LogP contribution in [0.15, 0.2) is 11.1 Å². The molecular weight excluding hydrogens is 248 g/mol. The third kappa shape index (κ3) is 2.41. The number of ketones is 1. The van der Waals surface area contributed by atoms with Crippen molar-refractivity contribution in [2.24, 2.45) is 11.8 Å². The van der Waals surface area contributed by atoms with Crippen LogP contribution >= 0.6 is 0 Å². The van der Waals surface area contributed by atoms with Crippen LogP contribution in [0.3, 0.4) is 0 Å². The van der Waals surface area contributed by atoms with E-state index in [9.17, 15) is 14.4 Å². The molecule has 104 valence electrons. The smallest absolute Gasteiger partial charge is 0.335 e. The van der Waals surface area contributed by atoms with Crippen molar-refractivity contribution in [3.63, 3.8) is 0 Å². The van der Waals surface area contributed by atoms with Crippen molar-refractivity contribution in [1.29, 1.82) is 0 Å². The predicted octanol–water partition coefficient (Wildman–Crippen LogP) is 1.41. The molecule has 2 unspecified atom stereocenters. The second kappa shape index (κ2) is 5.55. The largest absolute Gasteiger partial charge is 0.463 e. The maximum Gasteiger partial charge on any atom is 0.335 e. The van der Waals surface area contributed by atoms with Crippen LogP contribution < -0.4 is 0 Å². The summed E-state index contributed by atoms with van der Waals surface area (Å²) in [5.74, 6) is -1.66. The number of rotatable bonds is 4. The summed E-state index contributed by atoms with van der Waals surface area (Å²) in [5, 5.41) is 0. The molecule has 1 saturated carbocycles. The van der Waals surface area contributed by atoms with E-state index in [1.54, 1.807) is 13.8 Å². The Kier molecular flexibility index (Phi) is 4.02. The molecule has 5 heteroatoms. The first-order valence-corrected chi connectivity index (χ1v) is 6.71. The van der Waals surface area contributed by atoms with Crippen LogP contribution in [0.25, 0.3) is 0 Å². The lowest BCUT2D eigenvalue weighted by molar-refractivity contribution is -0.145. The molecule has 0 aromatic rings. The number of esters is 2. The quantitative estimate of drug-likeness (QED) is 0.719. The molecule has 0 spiro atoms. The van der Waals surface area contributed by atoms with Crippen molar-refractivity contribution < 1.29 is 23.9 Å². The maximum atomic E-state index is 12.0. The van der Waals surface area contributed by atoms with Crippen molar-refractivity contribution in [2.75, 3.05) is 13.2 Å². The van der Waals surface area contributed by atoms with Crippen LogP contribution in [-0.4, -0.2) is 30.9 Å². The van der Waals surface area contributed by atoms with Gasteiger partial charge in [0, 0.05) is 6.42 Å². The van der Waals surface area contributed by atoms with E-state index in [2.05, 4.69) is 0 Å². The van der Waals surface area contributed by atoms with E-state index in [1.165, 1.54) is 0 Å². The first-order chi connectivity index (χ1) is 9.10. The standard InChI is InChI=1S/C14H18O5/c1-3-18-13(16)11-8-5-6-9(10(15)7-8)12(11)14(17)19-4-2/h8-9H,3-7H2,1-2H3. The highest BCUT2D eigenvalue weighted by Crippen LogP contribution is 2.44. The Morgan fingerprint density at radius 3 is 2.16 bits per heavy atom. The number of ether oxygens (including phenoxy) is 2. The first kappa shape index (κ1) is 13.8. The summed E-state index contributed by atoms with van der Waals surface area (Å²) >= 11 is 0. The Morgan fingerprint density at radius 2 is 1.63 bits per heavy atom. The third-order valence-corrected chi connectivity index (χ3v) is 3.68. The average Bonchev–Trinajstić information content (AvgIpc) is 2.38. The molecule has 3 rings (SSSR count). The van der Waals surface area contributed by atoms with Crippen molar-refractivity contribution in [3.05, 3.63) is 11.1 Å². The molecular formula is C14H18O5. The molecule has 0 aromatic carbocycles. The average molecular weight is 266 g/mol. The van der Waals surface area contributed by atoms with Gasteiger partial charge in [-0.1, -0.05) is 0 Å². The highest BCUT2D eigenvalue weighted by molar-refractivity contribution is 6.08. The Hall–Kier alpha value is -1.65. The summed E-state index contributed by atoms with van der Waals surface area (Å²) in [6, 6.07) is 0. The summed E-state index contributed by atoms with van der Waals surface area (Å²) in [6.45, 7) is 3.90. The van der Waals surface area contributed by atoms with E-state index in [4.69, 9.17) is 9.47 Å². The fourth-order valence-electron chi connectivity index (χ4n) is 2.92. The molecule has 2 bridgehead atoms. The number of hydrogen-bond donors (Lipinski definition) is 0. The van der Waals surface area contributed by atoms with Crippen LogP contribution in [0.2, 0.25) is 0 Å². The molecule has 19 heavy (non-hydrogen) atoms. The molecule has 0 aromatic heterocycles. The van der Waals surface area contributed by atoms with Crippen LogP contribution in [0.4, 0.5) is 0 Å². The maximum absolute atomic E-state index is 12.0. The molecule has 0 amide bonds. The minimum absolute atomic E-state index is 0.0346. The van der Waals surface area contributed by atoms with Gasteiger partial charge in [0.2, 0.25) is 0 Å². The highest BCUT2D eigenvalue weighted by Gasteiger charge is 2.46. The van der Waals surface area contributed by atoms with Crippen LogP contribution in [-0.2, 0) is 23.9 Å². The lowest BCUT2D eigenvalue weighted by Crippen LogP contribution is -2.40. The fourth-order valence-corrected chi connectivity index (χ4v) is 2.92. The zero-order chi connectivity index (χ0) is 14.0. The van der Waals surface area contributed by atoms with Gasteiger partial charge < -0.3 is 9.47 Å². The van der Waals surface area contributed by atoms with Gasteiger partial charge in [-0.3, -0.25) is 4.79 Å². The monoisotopic (exact) mass is 266 g/mol. The zero-order valence-electron chi connectivity index (χ0n) is 11.2. The van der Waals surface area contributed by atoms with Gasteiger partial charge in [-0.25, -0.2) is 9.59 Å². The van der Waals surface area contributed by atoms with Gasteiger partial charge >= 0.3 is 11.9 Å². The van der Waals surface area contributed by atoms with Gasteiger partial charge in [0.1, 0.15) is 5.78 Å². The number of Topliss-reactive ketones (excluding diaryl/α,β-unsaturated/α-hetero) is 1. The number of carbonyl (C=O) groups is 3. The van der Waals surface area contributed by atoms with Gasteiger partial charge in [-0.15, -0.1) is 0 Å². The molecule has 1 fully saturated rings. The molecule has 0 aliphatic heterocycles. The Labute approximate surface area is 111 Å². The first-order valence-electron chi connectivity index (χ1n) is 6.71. The second-order valence-electron chi connectivity index (χ2n) is 4.77. The van der Waals surface area contributed by atoms with Crippen molar-refractivity contribution in [1.82, 2.24) is 0 Å². The van der Waals surface area contributed by atoms with Gasteiger partial charge in [0.05, 0.1) is 30.3 Å². The lowest BCUT2D eigenvalue weighted by Gasteiger charge is -2.36. The van der Waals surface area contributed by atoms with Crippen LogP contribution in [0.1, 0.15) is 33.1 Å².